The maximum Gasteiger partial charge on any atom is 0.245 e. The van der Waals surface area contributed by atoms with Crippen LogP contribution >= 0.6 is 0 Å². The Kier molecular flexibility index (Phi) is 7.21. The zero-order valence-electron chi connectivity index (χ0n) is 10.9. The van der Waals surface area contributed by atoms with Crippen molar-refractivity contribution in [2.45, 2.75) is 39.0 Å². The van der Waals surface area contributed by atoms with Crippen molar-refractivity contribution in [3.05, 3.63) is 0 Å². The summed E-state index contributed by atoms with van der Waals surface area (Å²) in [5.74, 6) is 1.67. The molecule has 4 nitrogen and oxygen atoms in total. The van der Waals surface area contributed by atoms with Crippen molar-refractivity contribution in [3.63, 3.8) is 0 Å². The van der Waals surface area contributed by atoms with Gasteiger partial charge in [0.1, 0.15) is 6.61 Å². The first-order chi connectivity index (χ1) is 8.22. The van der Waals surface area contributed by atoms with E-state index in [0.717, 1.165) is 24.8 Å². The number of hydrogen-bond acceptors (Lipinski definition) is 3. The fraction of sp³-hybridized carbons (Fsp3) is 0.923. The van der Waals surface area contributed by atoms with Gasteiger partial charge < -0.3 is 15.8 Å². The average molecular weight is 242 g/mol. The average Bonchev–Trinajstić information content (AvgIpc) is 2.32. The van der Waals surface area contributed by atoms with E-state index in [2.05, 4.69) is 12.2 Å². The van der Waals surface area contributed by atoms with E-state index in [4.69, 9.17) is 10.5 Å². The Bertz CT molecular complexity index is 213. The van der Waals surface area contributed by atoms with Crippen molar-refractivity contribution in [2.75, 3.05) is 26.3 Å². The minimum Gasteiger partial charge on any atom is -0.370 e. The minimum absolute atomic E-state index is 0.0253. The Balaban J connectivity index is 1.97. The summed E-state index contributed by atoms with van der Waals surface area (Å²) in [5.41, 5.74) is 5.27. The van der Waals surface area contributed by atoms with Crippen LogP contribution in [-0.4, -0.2) is 32.2 Å². The van der Waals surface area contributed by atoms with Crippen LogP contribution in [0.4, 0.5) is 0 Å². The van der Waals surface area contributed by atoms with Gasteiger partial charge in [-0.1, -0.05) is 32.6 Å². The fourth-order valence-electron chi connectivity index (χ4n) is 2.33. The first-order valence-corrected chi connectivity index (χ1v) is 6.77. The lowest BCUT2D eigenvalue weighted by Gasteiger charge is -2.26. The number of rotatable bonds is 7. The predicted octanol–water partition coefficient (Wildman–Crippen LogP) is 1.29. The molecule has 0 bridgehead atoms. The molecule has 4 heteroatoms. The fourth-order valence-corrected chi connectivity index (χ4v) is 2.33. The number of amides is 1. The number of ether oxygens (including phenoxy) is 1. The van der Waals surface area contributed by atoms with E-state index in [-0.39, 0.29) is 12.5 Å². The zero-order valence-corrected chi connectivity index (χ0v) is 10.9. The molecule has 0 saturated heterocycles. The molecule has 0 radical (unpaired) electrons. The van der Waals surface area contributed by atoms with E-state index in [9.17, 15) is 4.79 Å². The second-order valence-corrected chi connectivity index (χ2v) is 5.11. The Morgan fingerprint density at radius 3 is 2.71 bits per heavy atom. The maximum absolute atomic E-state index is 11.3. The summed E-state index contributed by atoms with van der Waals surface area (Å²) in [6, 6.07) is 0. The van der Waals surface area contributed by atoms with Gasteiger partial charge in [-0.05, 0) is 18.3 Å². The highest BCUT2D eigenvalue weighted by Crippen LogP contribution is 2.29. The molecule has 17 heavy (non-hydrogen) atoms. The van der Waals surface area contributed by atoms with E-state index in [1.54, 1.807) is 0 Å². The van der Waals surface area contributed by atoms with Crippen molar-refractivity contribution in [1.82, 2.24) is 5.32 Å². The van der Waals surface area contributed by atoms with Gasteiger partial charge in [0.15, 0.2) is 0 Å². The number of hydrogen-bond donors (Lipinski definition) is 2. The maximum atomic E-state index is 11.3. The molecule has 0 aliphatic heterocycles. The molecule has 0 aromatic heterocycles. The lowest BCUT2D eigenvalue weighted by Crippen LogP contribution is -2.30. The van der Waals surface area contributed by atoms with E-state index in [0.29, 0.717) is 13.2 Å². The highest BCUT2D eigenvalue weighted by molar-refractivity contribution is 5.77. The van der Waals surface area contributed by atoms with Crippen LogP contribution in [0.5, 0.6) is 0 Å². The number of nitrogens with two attached hydrogens (primary N) is 1. The van der Waals surface area contributed by atoms with Gasteiger partial charge in [-0.3, -0.25) is 4.79 Å². The summed E-state index contributed by atoms with van der Waals surface area (Å²) >= 11 is 0. The van der Waals surface area contributed by atoms with Crippen molar-refractivity contribution in [1.29, 1.82) is 0 Å². The molecule has 0 aromatic rings. The van der Waals surface area contributed by atoms with Crippen LogP contribution in [0.1, 0.15) is 39.0 Å². The van der Waals surface area contributed by atoms with E-state index in [1.165, 1.54) is 25.7 Å². The normalized spacial score (nSPS) is 24.6. The molecule has 0 heterocycles. The first-order valence-electron chi connectivity index (χ1n) is 6.77. The van der Waals surface area contributed by atoms with Gasteiger partial charge in [-0.15, -0.1) is 0 Å². The molecule has 0 spiro atoms. The van der Waals surface area contributed by atoms with Crippen LogP contribution in [0.15, 0.2) is 0 Å². The summed E-state index contributed by atoms with van der Waals surface area (Å²) < 4.78 is 5.06. The van der Waals surface area contributed by atoms with Crippen LogP contribution in [0.3, 0.4) is 0 Å². The van der Waals surface area contributed by atoms with Gasteiger partial charge >= 0.3 is 0 Å². The number of carbonyl (C=O) groups excluding carboxylic acids is 1. The van der Waals surface area contributed by atoms with Crippen molar-refractivity contribution in [2.24, 2.45) is 17.6 Å². The standard InChI is InChI=1S/C13H26N2O2/c1-11-2-4-12(5-3-11)6-8-15-13(16)10-17-9-7-14/h11-12H,2-10,14H2,1H3,(H,15,16). The lowest BCUT2D eigenvalue weighted by molar-refractivity contribution is -0.125. The third kappa shape index (κ3) is 6.64. The van der Waals surface area contributed by atoms with Crippen LogP contribution < -0.4 is 11.1 Å². The Morgan fingerprint density at radius 1 is 1.35 bits per heavy atom. The summed E-state index contributed by atoms with van der Waals surface area (Å²) in [7, 11) is 0. The minimum atomic E-state index is -0.0253. The molecule has 1 aliphatic carbocycles. The Morgan fingerprint density at radius 2 is 2.06 bits per heavy atom. The molecule has 0 unspecified atom stereocenters. The number of nitrogens with one attached hydrogen (secondary N) is 1. The van der Waals surface area contributed by atoms with Gasteiger partial charge in [0.2, 0.25) is 5.91 Å². The van der Waals surface area contributed by atoms with Crippen LogP contribution in [0, 0.1) is 11.8 Å². The highest BCUT2D eigenvalue weighted by atomic mass is 16.5. The topological polar surface area (TPSA) is 64.3 Å². The van der Waals surface area contributed by atoms with Crippen LogP contribution in [0.25, 0.3) is 0 Å². The molecule has 0 aromatic carbocycles. The number of carbonyl (C=O) groups is 1. The van der Waals surface area contributed by atoms with Crippen molar-refractivity contribution >= 4 is 5.91 Å². The largest absolute Gasteiger partial charge is 0.370 e. The second-order valence-electron chi connectivity index (χ2n) is 5.11. The third-order valence-electron chi connectivity index (χ3n) is 3.51. The molecule has 1 rings (SSSR count). The lowest BCUT2D eigenvalue weighted by atomic mass is 9.81. The van der Waals surface area contributed by atoms with Crippen LogP contribution in [0.2, 0.25) is 0 Å². The van der Waals surface area contributed by atoms with Gasteiger partial charge in [-0.25, -0.2) is 0 Å². The Hall–Kier alpha value is -0.610. The molecular formula is C13H26N2O2. The summed E-state index contributed by atoms with van der Waals surface area (Å²) in [6.45, 7) is 4.16. The van der Waals surface area contributed by atoms with Crippen LogP contribution in [-0.2, 0) is 9.53 Å². The smallest absolute Gasteiger partial charge is 0.245 e. The van der Waals surface area contributed by atoms with Gasteiger partial charge in [-0.2, -0.15) is 0 Å². The second kappa shape index (κ2) is 8.48. The molecule has 3 N–H and O–H groups in total. The summed E-state index contributed by atoms with van der Waals surface area (Å²) in [5, 5.41) is 2.90. The molecule has 0 atom stereocenters. The van der Waals surface area contributed by atoms with Gasteiger partial charge in [0.25, 0.3) is 0 Å². The molecule has 1 aliphatic rings. The Labute approximate surface area is 104 Å². The highest BCUT2D eigenvalue weighted by Gasteiger charge is 2.17. The predicted molar refractivity (Wildman–Crippen MR) is 68.6 cm³/mol. The van der Waals surface area contributed by atoms with Crippen molar-refractivity contribution in [3.8, 4) is 0 Å². The SMILES string of the molecule is CC1CCC(CCNC(=O)COCCN)CC1. The van der Waals surface area contributed by atoms with E-state index >= 15 is 0 Å². The monoisotopic (exact) mass is 242 g/mol. The van der Waals surface area contributed by atoms with Gasteiger partial charge in [0, 0.05) is 13.1 Å². The summed E-state index contributed by atoms with van der Waals surface area (Å²) in [6.07, 6.45) is 6.44. The summed E-state index contributed by atoms with van der Waals surface area (Å²) in [4.78, 5) is 11.3. The van der Waals surface area contributed by atoms with Crippen molar-refractivity contribution < 1.29 is 9.53 Å². The molecule has 1 fully saturated rings. The quantitative estimate of drug-likeness (QED) is 0.661. The van der Waals surface area contributed by atoms with E-state index in [1.807, 2.05) is 0 Å². The zero-order chi connectivity index (χ0) is 12.5. The third-order valence-corrected chi connectivity index (χ3v) is 3.51. The molecule has 1 amide bonds. The first kappa shape index (κ1) is 14.5. The molecule has 100 valence electrons. The van der Waals surface area contributed by atoms with E-state index < -0.39 is 0 Å². The molecule has 1 saturated carbocycles. The molecular weight excluding hydrogens is 216 g/mol. The van der Waals surface area contributed by atoms with Gasteiger partial charge in [0.05, 0.1) is 6.61 Å².